The fourth-order valence-corrected chi connectivity index (χ4v) is 1.71. The van der Waals surface area contributed by atoms with Crippen LogP contribution in [0.3, 0.4) is 0 Å². The molecule has 0 fully saturated rings. The van der Waals surface area contributed by atoms with Crippen molar-refractivity contribution in [3.8, 4) is 11.4 Å². The molecule has 0 aliphatic heterocycles. The Morgan fingerprint density at radius 1 is 1.21 bits per heavy atom. The van der Waals surface area contributed by atoms with Gasteiger partial charge in [-0.3, -0.25) is 0 Å². The molecule has 4 nitrogen and oxygen atoms in total. The lowest BCUT2D eigenvalue weighted by Crippen LogP contribution is -2.14. The molecule has 0 atom stereocenters. The summed E-state index contributed by atoms with van der Waals surface area (Å²) >= 11 is 0. The molecule has 1 aromatic carbocycles. The summed E-state index contributed by atoms with van der Waals surface area (Å²) in [6.45, 7) is 6.23. The van der Waals surface area contributed by atoms with E-state index >= 15 is 0 Å². The summed E-state index contributed by atoms with van der Waals surface area (Å²) in [5.41, 5.74) is 1.81. The van der Waals surface area contributed by atoms with Crippen molar-refractivity contribution in [3.05, 3.63) is 47.8 Å². The van der Waals surface area contributed by atoms with Crippen LogP contribution in [0.2, 0.25) is 0 Å². The monoisotopic (exact) mass is 256 g/mol. The zero-order valence-corrected chi connectivity index (χ0v) is 11.2. The summed E-state index contributed by atoms with van der Waals surface area (Å²) < 4.78 is 0. The molecule has 0 aliphatic rings. The van der Waals surface area contributed by atoms with Crippen LogP contribution in [-0.2, 0) is 5.41 Å². The highest BCUT2D eigenvalue weighted by molar-refractivity contribution is 5.89. The standard InChI is InChI=1S/C15H16N2O2/c1-15(2,3)12-7-8-16-13(17-12)10-5-4-6-11(9-10)14(18)19/h4-9H,1-3H3,(H,18,19). The molecule has 0 radical (unpaired) electrons. The normalized spacial score (nSPS) is 11.3. The minimum Gasteiger partial charge on any atom is -0.478 e. The lowest BCUT2D eigenvalue weighted by Gasteiger charge is -2.17. The highest BCUT2D eigenvalue weighted by Gasteiger charge is 2.16. The molecule has 1 heterocycles. The van der Waals surface area contributed by atoms with Gasteiger partial charge in [-0.2, -0.15) is 0 Å². The van der Waals surface area contributed by atoms with Crippen molar-refractivity contribution < 1.29 is 9.90 Å². The number of carboxylic acid groups (broad SMARTS) is 1. The largest absolute Gasteiger partial charge is 0.478 e. The molecule has 19 heavy (non-hydrogen) atoms. The number of rotatable bonds is 2. The van der Waals surface area contributed by atoms with Gasteiger partial charge in [0.2, 0.25) is 0 Å². The van der Waals surface area contributed by atoms with Gasteiger partial charge in [-0.1, -0.05) is 32.9 Å². The number of aromatic nitrogens is 2. The van der Waals surface area contributed by atoms with E-state index in [0.717, 1.165) is 5.69 Å². The first-order valence-corrected chi connectivity index (χ1v) is 6.05. The van der Waals surface area contributed by atoms with Gasteiger partial charge in [-0.05, 0) is 18.2 Å². The summed E-state index contributed by atoms with van der Waals surface area (Å²) in [6.07, 6.45) is 1.70. The Bertz CT molecular complexity index is 616. The van der Waals surface area contributed by atoms with Crippen molar-refractivity contribution in [3.63, 3.8) is 0 Å². The maximum absolute atomic E-state index is 11.0. The molecule has 0 aliphatic carbocycles. The van der Waals surface area contributed by atoms with E-state index in [2.05, 4.69) is 30.7 Å². The second-order valence-electron chi connectivity index (χ2n) is 5.40. The topological polar surface area (TPSA) is 63.1 Å². The van der Waals surface area contributed by atoms with Crippen LogP contribution in [0.25, 0.3) is 11.4 Å². The van der Waals surface area contributed by atoms with Crippen LogP contribution in [0.15, 0.2) is 36.5 Å². The third kappa shape index (κ3) is 2.96. The Morgan fingerprint density at radius 3 is 2.58 bits per heavy atom. The quantitative estimate of drug-likeness (QED) is 0.896. The fraction of sp³-hybridized carbons (Fsp3) is 0.267. The van der Waals surface area contributed by atoms with Gasteiger partial charge in [-0.15, -0.1) is 0 Å². The summed E-state index contributed by atoms with van der Waals surface area (Å²) in [6, 6.07) is 8.54. The first-order valence-electron chi connectivity index (χ1n) is 6.05. The molecule has 0 saturated carbocycles. The van der Waals surface area contributed by atoms with Gasteiger partial charge in [-0.25, -0.2) is 14.8 Å². The molecular weight excluding hydrogens is 240 g/mol. The van der Waals surface area contributed by atoms with Crippen molar-refractivity contribution >= 4 is 5.97 Å². The second-order valence-corrected chi connectivity index (χ2v) is 5.40. The number of benzene rings is 1. The van der Waals surface area contributed by atoms with Crippen molar-refractivity contribution in [2.24, 2.45) is 0 Å². The van der Waals surface area contributed by atoms with Crippen molar-refractivity contribution in [1.29, 1.82) is 0 Å². The van der Waals surface area contributed by atoms with Gasteiger partial charge in [0, 0.05) is 22.9 Å². The van der Waals surface area contributed by atoms with Crippen LogP contribution in [0.1, 0.15) is 36.8 Å². The lowest BCUT2D eigenvalue weighted by atomic mass is 9.92. The van der Waals surface area contributed by atoms with Crippen LogP contribution >= 0.6 is 0 Å². The van der Waals surface area contributed by atoms with Gasteiger partial charge in [0.25, 0.3) is 0 Å². The number of carbonyl (C=O) groups is 1. The van der Waals surface area contributed by atoms with Crippen LogP contribution in [0.4, 0.5) is 0 Å². The molecule has 0 bridgehead atoms. The highest BCUT2D eigenvalue weighted by atomic mass is 16.4. The second kappa shape index (κ2) is 4.80. The Hall–Kier alpha value is -2.23. The molecule has 1 aromatic heterocycles. The molecular formula is C15H16N2O2. The van der Waals surface area contributed by atoms with Gasteiger partial charge < -0.3 is 5.11 Å². The fourth-order valence-electron chi connectivity index (χ4n) is 1.71. The molecule has 2 aromatic rings. The first-order chi connectivity index (χ1) is 8.88. The lowest BCUT2D eigenvalue weighted by molar-refractivity contribution is 0.0697. The molecule has 98 valence electrons. The maximum atomic E-state index is 11.0. The molecule has 2 rings (SSSR count). The Kier molecular flexibility index (Phi) is 3.34. The highest BCUT2D eigenvalue weighted by Crippen LogP contribution is 2.23. The summed E-state index contributed by atoms with van der Waals surface area (Å²) in [7, 11) is 0. The molecule has 0 spiro atoms. The number of hydrogen-bond donors (Lipinski definition) is 1. The predicted molar refractivity (Wildman–Crippen MR) is 73.1 cm³/mol. The zero-order valence-electron chi connectivity index (χ0n) is 11.2. The first kappa shape index (κ1) is 13.2. The van der Waals surface area contributed by atoms with Gasteiger partial charge in [0.15, 0.2) is 5.82 Å². The summed E-state index contributed by atoms with van der Waals surface area (Å²) in [5, 5.41) is 9.00. The minimum absolute atomic E-state index is 0.0674. The van der Waals surface area contributed by atoms with Gasteiger partial charge in [0.05, 0.1) is 5.56 Å². The molecule has 4 heteroatoms. The third-order valence-corrected chi connectivity index (χ3v) is 2.79. The van der Waals surface area contributed by atoms with Crippen molar-refractivity contribution in [1.82, 2.24) is 9.97 Å². The molecule has 1 N–H and O–H groups in total. The van der Waals surface area contributed by atoms with Crippen molar-refractivity contribution in [2.75, 3.05) is 0 Å². The summed E-state index contributed by atoms with van der Waals surface area (Å²) in [5.74, 6) is -0.399. The van der Waals surface area contributed by atoms with Gasteiger partial charge in [0.1, 0.15) is 0 Å². The number of hydrogen-bond acceptors (Lipinski definition) is 3. The van der Waals surface area contributed by atoms with E-state index in [4.69, 9.17) is 5.11 Å². The SMILES string of the molecule is CC(C)(C)c1ccnc(-c2cccc(C(=O)O)c2)n1. The molecule has 0 amide bonds. The van der Waals surface area contributed by atoms with E-state index in [1.807, 2.05) is 12.1 Å². The number of nitrogens with zero attached hydrogens (tertiary/aromatic N) is 2. The number of aromatic carboxylic acids is 1. The average molecular weight is 256 g/mol. The minimum atomic E-state index is -0.950. The van der Waals surface area contributed by atoms with E-state index in [9.17, 15) is 4.79 Å². The van der Waals surface area contributed by atoms with E-state index in [0.29, 0.717) is 11.4 Å². The third-order valence-electron chi connectivity index (χ3n) is 2.79. The van der Waals surface area contributed by atoms with Gasteiger partial charge >= 0.3 is 5.97 Å². The van der Waals surface area contributed by atoms with Crippen LogP contribution in [0, 0.1) is 0 Å². The maximum Gasteiger partial charge on any atom is 0.335 e. The summed E-state index contributed by atoms with van der Waals surface area (Å²) in [4.78, 5) is 19.7. The zero-order chi connectivity index (χ0) is 14.0. The molecule has 0 saturated heterocycles. The van der Waals surface area contributed by atoms with E-state index in [1.165, 1.54) is 0 Å². The van der Waals surface area contributed by atoms with E-state index in [-0.39, 0.29) is 11.0 Å². The van der Waals surface area contributed by atoms with Crippen LogP contribution in [0.5, 0.6) is 0 Å². The molecule has 0 unspecified atom stereocenters. The van der Waals surface area contributed by atoms with Crippen LogP contribution in [-0.4, -0.2) is 21.0 Å². The predicted octanol–water partition coefficient (Wildman–Crippen LogP) is 3.14. The van der Waals surface area contributed by atoms with Crippen molar-refractivity contribution in [2.45, 2.75) is 26.2 Å². The van der Waals surface area contributed by atoms with E-state index in [1.54, 1.807) is 24.4 Å². The Morgan fingerprint density at radius 2 is 1.95 bits per heavy atom. The smallest absolute Gasteiger partial charge is 0.335 e. The van der Waals surface area contributed by atoms with E-state index < -0.39 is 5.97 Å². The van der Waals surface area contributed by atoms with Crippen LogP contribution < -0.4 is 0 Å². The average Bonchev–Trinajstić information content (AvgIpc) is 2.38. The Labute approximate surface area is 112 Å². The number of carboxylic acids is 1. The Balaban J connectivity index is 2.48.